The molecular formula is C28H32N2O3S. The minimum atomic E-state index is -3.92. The van der Waals surface area contributed by atoms with E-state index in [1.54, 1.807) is 18.2 Å². The number of hydrogen-bond acceptors (Lipinski definition) is 3. The van der Waals surface area contributed by atoms with Crippen LogP contribution >= 0.6 is 0 Å². The van der Waals surface area contributed by atoms with Crippen LogP contribution in [0.15, 0.2) is 77.7 Å². The van der Waals surface area contributed by atoms with Crippen LogP contribution in [-0.4, -0.2) is 26.9 Å². The van der Waals surface area contributed by atoms with E-state index in [0.717, 1.165) is 16.7 Å². The number of nitrogens with zero attached hydrogens (tertiary/aromatic N) is 1. The van der Waals surface area contributed by atoms with Crippen LogP contribution in [-0.2, 0) is 33.1 Å². The first kappa shape index (κ1) is 24.0. The van der Waals surface area contributed by atoms with Gasteiger partial charge in [0.05, 0.1) is 10.6 Å². The summed E-state index contributed by atoms with van der Waals surface area (Å²) in [6.07, 6.45) is 1.04. The van der Waals surface area contributed by atoms with E-state index in [1.807, 2.05) is 61.5 Å². The molecule has 3 aromatic carbocycles. The van der Waals surface area contributed by atoms with Gasteiger partial charge in [-0.05, 0) is 53.6 Å². The molecule has 0 bridgehead atoms. The van der Waals surface area contributed by atoms with Crippen molar-refractivity contribution < 1.29 is 13.2 Å². The normalized spacial score (nSPS) is 15.8. The van der Waals surface area contributed by atoms with Gasteiger partial charge in [0.25, 0.3) is 10.0 Å². The number of aryl methyl sites for hydroxylation is 1. The second-order valence-corrected chi connectivity index (χ2v) is 11.8. The van der Waals surface area contributed by atoms with Crippen LogP contribution in [0, 0.1) is 6.92 Å². The number of rotatable bonds is 6. The van der Waals surface area contributed by atoms with Crippen molar-refractivity contribution in [1.29, 1.82) is 0 Å². The van der Waals surface area contributed by atoms with Crippen molar-refractivity contribution in [2.24, 2.45) is 0 Å². The summed E-state index contributed by atoms with van der Waals surface area (Å²) in [7, 11) is -3.92. The molecule has 178 valence electrons. The molecule has 5 nitrogen and oxygen atoms in total. The average molecular weight is 477 g/mol. The lowest BCUT2D eigenvalue weighted by molar-refractivity contribution is -0.122. The highest BCUT2D eigenvalue weighted by Crippen LogP contribution is 2.37. The summed E-state index contributed by atoms with van der Waals surface area (Å²) in [5.41, 5.74) is 4.72. The lowest BCUT2D eigenvalue weighted by Crippen LogP contribution is -2.48. The Labute approximate surface area is 202 Å². The van der Waals surface area contributed by atoms with Gasteiger partial charge in [0.2, 0.25) is 5.91 Å². The number of carbonyl (C=O) groups excluding carboxylic acids is 1. The minimum Gasteiger partial charge on any atom is -0.354 e. The van der Waals surface area contributed by atoms with Crippen LogP contribution in [0.2, 0.25) is 0 Å². The van der Waals surface area contributed by atoms with Crippen molar-refractivity contribution in [2.75, 3.05) is 10.8 Å². The van der Waals surface area contributed by atoms with E-state index >= 15 is 0 Å². The van der Waals surface area contributed by atoms with Gasteiger partial charge in [-0.15, -0.1) is 0 Å². The van der Waals surface area contributed by atoms with Gasteiger partial charge in [-0.2, -0.15) is 0 Å². The van der Waals surface area contributed by atoms with E-state index in [1.165, 1.54) is 9.87 Å². The Morgan fingerprint density at radius 1 is 0.971 bits per heavy atom. The Morgan fingerprint density at radius 2 is 1.62 bits per heavy atom. The van der Waals surface area contributed by atoms with Crippen LogP contribution in [0.1, 0.15) is 43.0 Å². The molecule has 34 heavy (non-hydrogen) atoms. The Hall–Kier alpha value is -3.12. The van der Waals surface area contributed by atoms with Crippen molar-refractivity contribution in [3.63, 3.8) is 0 Å². The van der Waals surface area contributed by atoms with E-state index in [0.29, 0.717) is 25.1 Å². The molecule has 0 fully saturated rings. The second kappa shape index (κ2) is 9.26. The summed E-state index contributed by atoms with van der Waals surface area (Å²) in [4.78, 5) is 13.4. The van der Waals surface area contributed by atoms with E-state index in [2.05, 4.69) is 26.1 Å². The van der Waals surface area contributed by atoms with Gasteiger partial charge in [-0.3, -0.25) is 9.10 Å². The highest BCUT2D eigenvalue weighted by molar-refractivity contribution is 7.93. The van der Waals surface area contributed by atoms with Crippen molar-refractivity contribution in [2.45, 2.75) is 56.9 Å². The van der Waals surface area contributed by atoms with E-state index in [-0.39, 0.29) is 16.2 Å². The van der Waals surface area contributed by atoms with Crippen molar-refractivity contribution in [3.05, 3.63) is 95.1 Å². The molecule has 0 radical (unpaired) electrons. The van der Waals surface area contributed by atoms with Gasteiger partial charge >= 0.3 is 0 Å². The van der Waals surface area contributed by atoms with Crippen molar-refractivity contribution in [3.8, 4) is 0 Å². The number of para-hydroxylation sites is 1. The summed E-state index contributed by atoms with van der Waals surface area (Å²) in [6, 6.07) is 21.7. The number of amides is 1. The van der Waals surface area contributed by atoms with Crippen LogP contribution in [0.3, 0.4) is 0 Å². The first-order valence-electron chi connectivity index (χ1n) is 11.6. The monoisotopic (exact) mass is 476 g/mol. The number of sulfonamides is 1. The molecule has 3 aromatic rings. The summed E-state index contributed by atoms with van der Waals surface area (Å²) in [6.45, 7) is 8.75. The predicted molar refractivity (Wildman–Crippen MR) is 137 cm³/mol. The Balaban J connectivity index is 1.57. The standard InChI is InChI=1S/C28H32N2O3S/c1-20-9-11-21(12-10-20)17-18-29-27(31)26-19-22-7-5-6-8-25(22)30(26)34(32,33)24-15-13-23(14-16-24)28(2,3)4/h5-16,26H,17-19H2,1-4H3,(H,29,31)/t26-/m0/s1. The molecule has 0 aliphatic carbocycles. The lowest BCUT2D eigenvalue weighted by atomic mass is 9.87. The molecule has 6 heteroatoms. The molecule has 0 saturated heterocycles. The number of benzene rings is 3. The molecule has 0 saturated carbocycles. The molecule has 1 atom stereocenters. The van der Waals surface area contributed by atoms with E-state index in [9.17, 15) is 13.2 Å². The smallest absolute Gasteiger partial charge is 0.265 e. The number of carbonyl (C=O) groups is 1. The molecule has 1 amide bonds. The average Bonchev–Trinajstić information content (AvgIpc) is 3.20. The van der Waals surface area contributed by atoms with Gasteiger partial charge in [-0.1, -0.05) is 80.9 Å². The van der Waals surface area contributed by atoms with Gasteiger partial charge < -0.3 is 5.32 Å². The zero-order valence-electron chi connectivity index (χ0n) is 20.2. The minimum absolute atomic E-state index is 0.0809. The molecule has 1 heterocycles. The quantitative estimate of drug-likeness (QED) is 0.557. The largest absolute Gasteiger partial charge is 0.354 e. The predicted octanol–water partition coefficient (Wildman–Crippen LogP) is 4.77. The van der Waals surface area contributed by atoms with E-state index < -0.39 is 16.1 Å². The number of nitrogens with one attached hydrogen (secondary N) is 1. The van der Waals surface area contributed by atoms with E-state index in [4.69, 9.17) is 0 Å². The fourth-order valence-corrected chi connectivity index (χ4v) is 5.95. The molecule has 0 unspecified atom stereocenters. The maximum atomic E-state index is 13.7. The maximum Gasteiger partial charge on any atom is 0.265 e. The summed E-state index contributed by atoms with van der Waals surface area (Å²) >= 11 is 0. The van der Waals surface area contributed by atoms with Crippen LogP contribution < -0.4 is 9.62 Å². The molecule has 4 rings (SSSR count). The van der Waals surface area contributed by atoms with Gasteiger partial charge in [0, 0.05) is 13.0 Å². The number of anilines is 1. The van der Waals surface area contributed by atoms with Gasteiger partial charge in [0.1, 0.15) is 6.04 Å². The zero-order valence-corrected chi connectivity index (χ0v) is 21.0. The Bertz CT molecular complexity index is 1270. The third-order valence-corrected chi connectivity index (χ3v) is 8.18. The van der Waals surface area contributed by atoms with Crippen LogP contribution in [0.5, 0.6) is 0 Å². The van der Waals surface area contributed by atoms with Gasteiger partial charge in [0.15, 0.2) is 0 Å². The Morgan fingerprint density at radius 3 is 2.26 bits per heavy atom. The first-order valence-corrected chi connectivity index (χ1v) is 13.1. The van der Waals surface area contributed by atoms with Crippen LogP contribution in [0.25, 0.3) is 0 Å². The lowest BCUT2D eigenvalue weighted by Gasteiger charge is -2.27. The van der Waals surface area contributed by atoms with Gasteiger partial charge in [-0.25, -0.2) is 8.42 Å². The Kier molecular flexibility index (Phi) is 6.54. The molecule has 1 aliphatic heterocycles. The highest BCUT2D eigenvalue weighted by atomic mass is 32.2. The SMILES string of the molecule is Cc1ccc(CCNC(=O)[C@@H]2Cc3ccccc3N2S(=O)(=O)c2ccc(C(C)(C)C)cc2)cc1. The summed E-state index contributed by atoms with van der Waals surface area (Å²) in [5.74, 6) is -0.279. The number of hydrogen-bond donors (Lipinski definition) is 1. The first-order chi connectivity index (χ1) is 16.1. The fraction of sp³-hybridized carbons (Fsp3) is 0.321. The molecule has 0 aromatic heterocycles. The zero-order chi connectivity index (χ0) is 24.5. The molecule has 1 N–H and O–H groups in total. The summed E-state index contributed by atoms with van der Waals surface area (Å²) in [5, 5.41) is 2.96. The molecule has 0 spiro atoms. The number of fused-ring (bicyclic) bond motifs is 1. The third-order valence-electron chi connectivity index (χ3n) is 6.34. The van der Waals surface area contributed by atoms with Crippen molar-refractivity contribution >= 4 is 21.6 Å². The fourth-order valence-electron chi connectivity index (χ4n) is 4.30. The summed E-state index contributed by atoms with van der Waals surface area (Å²) < 4.78 is 28.8. The highest BCUT2D eigenvalue weighted by Gasteiger charge is 2.42. The second-order valence-electron chi connectivity index (χ2n) is 9.95. The van der Waals surface area contributed by atoms with Crippen LogP contribution in [0.4, 0.5) is 5.69 Å². The van der Waals surface area contributed by atoms with Crippen molar-refractivity contribution in [1.82, 2.24) is 5.32 Å². The molecular weight excluding hydrogens is 444 g/mol. The maximum absolute atomic E-state index is 13.7. The topological polar surface area (TPSA) is 66.5 Å². The third kappa shape index (κ3) is 4.87. The molecule has 1 aliphatic rings.